The average molecular weight is 443 g/mol. The summed E-state index contributed by atoms with van der Waals surface area (Å²) >= 11 is 0. The second-order valence-corrected chi connectivity index (χ2v) is 8.99. The third-order valence-electron chi connectivity index (χ3n) is 6.96. The van der Waals surface area contributed by atoms with Crippen LogP contribution in [0.25, 0.3) is 0 Å². The predicted molar refractivity (Wildman–Crippen MR) is 113 cm³/mol. The van der Waals surface area contributed by atoms with Crippen molar-refractivity contribution in [1.82, 2.24) is 20.0 Å². The summed E-state index contributed by atoms with van der Waals surface area (Å²) < 4.78 is 16.6. The third-order valence-corrected chi connectivity index (χ3v) is 6.96. The van der Waals surface area contributed by atoms with Crippen LogP contribution in [0.1, 0.15) is 73.7 Å². The first kappa shape index (κ1) is 21.2. The smallest absolute Gasteiger partial charge is 0.319 e. The Morgan fingerprint density at radius 1 is 1.19 bits per heavy atom. The highest BCUT2D eigenvalue weighted by Crippen LogP contribution is 2.51. The maximum Gasteiger partial charge on any atom is 0.319 e. The molecule has 3 aliphatic rings. The van der Waals surface area contributed by atoms with E-state index in [1.165, 1.54) is 0 Å². The standard InChI is InChI=1S/C23H30N4O5/c1-3-30-20-17(11-24-22(25-20)31-4-2)23(29)15-6-5-7-16(23)13-27(12-15)21(28)18-10-19(32-26-18)14-8-9-14/h10-11,14-16,29H,3-9,12-13H2,1-2H3/t15-,16-/m1/s1. The number of hydrogen-bond donors (Lipinski definition) is 1. The minimum Gasteiger partial charge on any atom is -0.478 e. The highest BCUT2D eigenvalue weighted by molar-refractivity contribution is 5.92. The molecule has 2 saturated carbocycles. The molecule has 0 radical (unpaired) electrons. The van der Waals surface area contributed by atoms with Crippen LogP contribution in [-0.4, -0.2) is 57.3 Å². The van der Waals surface area contributed by atoms with Crippen LogP contribution in [0.5, 0.6) is 11.9 Å². The number of nitrogens with zero attached hydrogens (tertiary/aromatic N) is 4. The summed E-state index contributed by atoms with van der Waals surface area (Å²) in [5.41, 5.74) is -0.218. The molecule has 9 heteroatoms. The number of hydrogen-bond acceptors (Lipinski definition) is 8. The van der Waals surface area contributed by atoms with Gasteiger partial charge in [0, 0.05) is 43.1 Å². The molecule has 32 heavy (non-hydrogen) atoms. The fourth-order valence-corrected chi connectivity index (χ4v) is 5.24. The lowest BCUT2D eigenvalue weighted by molar-refractivity contribution is -0.141. The lowest BCUT2D eigenvalue weighted by Gasteiger charge is -2.53. The van der Waals surface area contributed by atoms with Crippen LogP contribution < -0.4 is 9.47 Å². The monoisotopic (exact) mass is 442 g/mol. The average Bonchev–Trinajstić information content (AvgIpc) is 3.50. The summed E-state index contributed by atoms with van der Waals surface area (Å²) in [5.74, 6) is 1.15. The molecule has 5 rings (SSSR count). The van der Waals surface area contributed by atoms with Gasteiger partial charge < -0.3 is 24.0 Å². The molecular weight excluding hydrogens is 412 g/mol. The molecular formula is C23H30N4O5. The number of rotatable bonds is 7. The predicted octanol–water partition coefficient (Wildman–Crippen LogP) is 2.90. The molecule has 1 saturated heterocycles. The summed E-state index contributed by atoms with van der Waals surface area (Å²) in [6.07, 6.45) is 6.44. The van der Waals surface area contributed by atoms with Crippen LogP contribution in [0.3, 0.4) is 0 Å². The van der Waals surface area contributed by atoms with E-state index in [1.807, 2.05) is 18.7 Å². The SMILES string of the molecule is CCOc1ncc(C2(O)[C@@H]3CCC[C@@H]2CN(C(=O)c2cc(C4CC4)on2)C3)c(OCC)n1. The van der Waals surface area contributed by atoms with Crippen LogP contribution in [0, 0.1) is 11.8 Å². The van der Waals surface area contributed by atoms with E-state index in [0.29, 0.717) is 49.4 Å². The summed E-state index contributed by atoms with van der Waals surface area (Å²) in [5, 5.41) is 16.1. The van der Waals surface area contributed by atoms with Gasteiger partial charge in [-0.05, 0) is 39.5 Å². The van der Waals surface area contributed by atoms with Crippen molar-refractivity contribution in [2.24, 2.45) is 11.8 Å². The second kappa shape index (κ2) is 8.35. The second-order valence-electron chi connectivity index (χ2n) is 8.99. The highest BCUT2D eigenvalue weighted by atomic mass is 16.5. The van der Waals surface area contributed by atoms with Gasteiger partial charge in [0.25, 0.3) is 5.91 Å². The van der Waals surface area contributed by atoms with E-state index in [-0.39, 0.29) is 23.8 Å². The molecule has 2 bridgehead atoms. The van der Waals surface area contributed by atoms with Gasteiger partial charge in [-0.25, -0.2) is 4.98 Å². The van der Waals surface area contributed by atoms with Gasteiger partial charge in [-0.15, -0.1) is 0 Å². The first-order valence-electron chi connectivity index (χ1n) is 11.7. The van der Waals surface area contributed by atoms with Gasteiger partial charge in [-0.1, -0.05) is 11.6 Å². The number of carbonyl (C=O) groups excluding carboxylic acids is 1. The lowest BCUT2D eigenvalue weighted by atomic mass is 9.63. The Bertz CT molecular complexity index is 975. The van der Waals surface area contributed by atoms with Crippen molar-refractivity contribution >= 4 is 5.91 Å². The number of aromatic nitrogens is 3. The minimum absolute atomic E-state index is 0.132. The molecule has 2 aromatic heterocycles. The van der Waals surface area contributed by atoms with Crippen LogP contribution in [0.15, 0.2) is 16.8 Å². The summed E-state index contributed by atoms with van der Waals surface area (Å²) in [6, 6.07) is 2.02. The van der Waals surface area contributed by atoms with Crippen LogP contribution in [0.4, 0.5) is 0 Å². The molecule has 1 aliphatic heterocycles. The molecule has 0 unspecified atom stereocenters. The number of likely N-dealkylation sites (tertiary alicyclic amines) is 1. The first-order valence-corrected chi connectivity index (χ1v) is 11.7. The van der Waals surface area contributed by atoms with Crippen molar-refractivity contribution < 1.29 is 23.9 Å². The molecule has 2 atom stereocenters. The van der Waals surface area contributed by atoms with Gasteiger partial charge in [0.15, 0.2) is 5.69 Å². The van der Waals surface area contributed by atoms with Crippen molar-refractivity contribution in [3.63, 3.8) is 0 Å². The quantitative estimate of drug-likeness (QED) is 0.697. The van der Waals surface area contributed by atoms with Crippen molar-refractivity contribution in [2.75, 3.05) is 26.3 Å². The van der Waals surface area contributed by atoms with E-state index >= 15 is 0 Å². The highest BCUT2D eigenvalue weighted by Gasteiger charge is 2.54. The summed E-state index contributed by atoms with van der Waals surface area (Å²) in [4.78, 5) is 23.7. The van der Waals surface area contributed by atoms with Crippen LogP contribution in [-0.2, 0) is 5.60 Å². The van der Waals surface area contributed by atoms with Gasteiger partial charge in [0.2, 0.25) is 5.88 Å². The molecule has 0 spiro atoms. The molecule has 0 aromatic carbocycles. The Hall–Kier alpha value is -2.68. The fourth-order valence-electron chi connectivity index (χ4n) is 5.24. The molecule has 1 amide bonds. The Morgan fingerprint density at radius 3 is 2.56 bits per heavy atom. The van der Waals surface area contributed by atoms with Crippen LogP contribution in [0.2, 0.25) is 0 Å². The topological polar surface area (TPSA) is 111 Å². The van der Waals surface area contributed by atoms with E-state index in [4.69, 9.17) is 14.0 Å². The van der Waals surface area contributed by atoms with Crippen molar-refractivity contribution in [3.05, 3.63) is 29.3 Å². The number of aliphatic hydroxyl groups is 1. The van der Waals surface area contributed by atoms with Gasteiger partial charge in [-0.2, -0.15) is 4.98 Å². The largest absolute Gasteiger partial charge is 0.478 e. The van der Waals surface area contributed by atoms with E-state index < -0.39 is 5.60 Å². The van der Waals surface area contributed by atoms with Crippen molar-refractivity contribution in [2.45, 2.75) is 57.5 Å². The molecule has 1 N–H and O–H groups in total. The molecule has 2 aromatic rings. The van der Waals surface area contributed by atoms with E-state index in [1.54, 1.807) is 12.3 Å². The van der Waals surface area contributed by atoms with Gasteiger partial charge in [0.05, 0.1) is 18.8 Å². The molecule has 2 aliphatic carbocycles. The van der Waals surface area contributed by atoms with Gasteiger partial charge in [0.1, 0.15) is 11.4 Å². The Labute approximate surface area is 187 Å². The maximum absolute atomic E-state index is 13.2. The zero-order chi connectivity index (χ0) is 22.3. The molecule has 3 heterocycles. The lowest BCUT2D eigenvalue weighted by Crippen LogP contribution is -2.59. The Morgan fingerprint density at radius 2 is 1.91 bits per heavy atom. The van der Waals surface area contributed by atoms with Crippen LogP contribution >= 0.6 is 0 Å². The zero-order valence-corrected chi connectivity index (χ0v) is 18.6. The summed E-state index contributed by atoms with van der Waals surface area (Å²) in [6.45, 7) is 5.49. The van der Waals surface area contributed by atoms with E-state index in [9.17, 15) is 9.90 Å². The number of fused-ring (bicyclic) bond motifs is 2. The van der Waals surface area contributed by atoms with Crippen molar-refractivity contribution in [1.29, 1.82) is 0 Å². The normalized spacial score (nSPS) is 27.3. The number of piperidine rings is 1. The number of ether oxygens (including phenoxy) is 2. The molecule has 9 nitrogen and oxygen atoms in total. The Kier molecular flexibility index (Phi) is 5.53. The molecule has 172 valence electrons. The van der Waals surface area contributed by atoms with E-state index in [2.05, 4.69) is 15.1 Å². The molecule has 3 fully saturated rings. The zero-order valence-electron chi connectivity index (χ0n) is 18.6. The van der Waals surface area contributed by atoms with Gasteiger partial charge >= 0.3 is 6.01 Å². The number of carbonyl (C=O) groups is 1. The number of amides is 1. The Balaban J connectivity index is 1.42. The van der Waals surface area contributed by atoms with E-state index in [0.717, 1.165) is 37.9 Å². The minimum atomic E-state index is -1.16. The fraction of sp³-hybridized carbons (Fsp3) is 0.652. The third kappa shape index (κ3) is 3.62. The van der Waals surface area contributed by atoms with Crippen molar-refractivity contribution in [3.8, 4) is 11.9 Å². The van der Waals surface area contributed by atoms with Gasteiger partial charge in [-0.3, -0.25) is 4.79 Å². The first-order chi connectivity index (χ1) is 15.5. The maximum atomic E-state index is 13.2. The summed E-state index contributed by atoms with van der Waals surface area (Å²) in [7, 11) is 0.